The molecule has 1 aliphatic carbocycles. The van der Waals surface area contributed by atoms with Crippen LogP contribution in [0, 0.1) is 19.8 Å². The Labute approximate surface area is 209 Å². The number of nitrogens with zero attached hydrogens (tertiary/aromatic N) is 2. The normalized spacial score (nSPS) is 16.5. The molecule has 0 unspecified atom stereocenters. The van der Waals surface area contributed by atoms with Gasteiger partial charge in [0.2, 0.25) is 5.56 Å². The van der Waals surface area contributed by atoms with Crippen LogP contribution in [0.5, 0.6) is 5.75 Å². The van der Waals surface area contributed by atoms with Crippen LogP contribution < -0.4 is 10.3 Å². The van der Waals surface area contributed by atoms with E-state index in [1.807, 2.05) is 36.5 Å². The van der Waals surface area contributed by atoms with Gasteiger partial charge in [-0.25, -0.2) is 0 Å². The van der Waals surface area contributed by atoms with Gasteiger partial charge in [0.25, 0.3) is 0 Å². The van der Waals surface area contributed by atoms with E-state index in [0.717, 1.165) is 39.1 Å². The number of aliphatic carboxylic acids is 1. The van der Waals surface area contributed by atoms with Gasteiger partial charge in [-0.05, 0) is 83.5 Å². The van der Waals surface area contributed by atoms with E-state index in [9.17, 15) is 9.59 Å². The second-order valence-corrected chi connectivity index (χ2v) is 9.55. The van der Waals surface area contributed by atoms with E-state index in [1.54, 1.807) is 23.9 Å². The van der Waals surface area contributed by atoms with Crippen molar-refractivity contribution in [3.8, 4) is 28.0 Å². The molecule has 1 aliphatic rings. The molecule has 0 radical (unpaired) electrons. The topological polar surface area (TPSA) is 81.4 Å². The van der Waals surface area contributed by atoms with Crippen molar-refractivity contribution < 1.29 is 14.6 Å². The van der Waals surface area contributed by atoms with E-state index in [0.29, 0.717) is 18.8 Å². The zero-order valence-corrected chi connectivity index (χ0v) is 20.6. The number of aryl methyl sites for hydroxylation is 3. The minimum absolute atomic E-state index is 0.0138. The summed E-state index contributed by atoms with van der Waals surface area (Å²) in [6.45, 7) is 4.63. The molecule has 6 heteroatoms. The SMILES string of the molecule is Cc1cc(-c2ccc(=O)n(C)c2)cc(C)c1-c1cccc(COc2ccc([C@@H]3C[C@H]3C(=O)O)nc2)c1. The van der Waals surface area contributed by atoms with Crippen LogP contribution in [-0.4, -0.2) is 20.6 Å². The highest BCUT2D eigenvalue weighted by molar-refractivity contribution is 5.77. The lowest BCUT2D eigenvalue weighted by Gasteiger charge is -2.15. The molecule has 0 bridgehead atoms. The summed E-state index contributed by atoms with van der Waals surface area (Å²) in [6, 6.07) is 19.8. The number of carboxylic acid groups (broad SMARTS) is 1. The van der Waals surface area contributed by atoms with Crippen LogP contribution in [-0.2, 0) is 18.4 Å². The highest BCUT2D eigenvalue weighted by Crippen LogP contribution is 2.46. The summed E-state index contributed by atoms with van der Waals surface area (Å²) in [4.78, 5) is 27.3. The van der Waals surface area contributed by atoms with Crippen molar-refractivity contribution >= 4 is 5.97 Å². The zero-order valence-electron chi connectivity index (χ0n) is 20.6. The maximum atomic E-state index is 11.8. The van der Waals surface area contributed by atoms with Crippen LogP contribution in [0.3, 0.4) is 0 Å². The first kappa shape index (κ1) is 23.5. The lowest BCUT2D eigenvalue weighted by molar-refractivity contribution is -0.138. The smallest absolute Gasteiger partial charge is 0.307 e. The van der Waals surface area contributed by atoms with Crippen LogP contribution in [0.4, 0.5) is 0 Å². The van der Waals surface area contributed by atoms with Crippen LogP contribution in [0.15, 0.2) is 77.9 Å². The van der Waals surface area contributed by atoms with Crippen molar-refractivity contribution in [2.75, 3.05) is 0 Å². The third kappa shape index (κ3) is 4.80. The summed E-state index contributed by atoms with van der Waals surface area (Å²) in [5.41, 5.74) is 8.57. The molecule has 0 saturated heterocycles. The summed E-state index contributed by atoms with van der Waals surface area (Å²) in [5.74, 6) is -0.394. The van der Waals surface area contributed by atoms with Gasteiger partial charge in [-0.15, -0.1) is 0 Å². The van der Waals surface area contributed by atoms with Crippen LogP contribution >= 0.6 is 0 Å². The highest BCUT2D eigenvalue weighted by Gasteiger charge is 2.45. The summed E-state index contributed by atoms with van der Waals surface area (Å²) in [5, 5.41) is 9.11. The molecule has 1 saturated carbocycles. The molecule has 0 aliphatic heterocycles. The average molecular weight is 481 g/mol. The average Bonchev–Trinajstić information content (AvgIpc) is 3.66. The first-order chi connectivity index (χ1) is 17.3. The van der Waals surface area contributed by atoms with E-state index in [-0.39, 0.29) is 17.4 Å². The molecule has 1 fully saturated rings. The van der Waals surface area contributed by atoms with Gasteiger partial charge in [0, 0.05) is 30.9 Å². The van der Waals surface area contributed by atoms with E-state index in [1.165, 1.54) is 5.56 Å². The number of benzene rings is 2. The Morgan fingerprint density at radius 2 is 1.81 bits per heavy atom. The number of hydrogen-bond acceptors (Lipinski definition) is 4. The molecule has 2 atom stereocenters. The monoisotopic (exact) mass is 480 g/mol. The fourth-order valence-electron chi connectivity index (χ4n) is 4.82. The minimum Gasteiger partial charge on any atom is -0.487 e. The van der Waals surface area contributed by atoms with Gasteiger partial charge in [-0.2, -0.15) is 0 Å². The molecule has 2 heterocycles. The number of aromatic nitrogens is 2. The second kappa shape index (κ2) is 9.46. The second-order valence-electron chi connectivity index (χ2n) is 9.55. The predicted octanol–water partition coefficient (Wildman–Crippen LogP) is 5.50. The van der Waals surface area contributed by atoms with Crippen molar-refractivity contribution in [3.05, 3.63) is 106 Å². The van der Waals surface area contributed by atoms with Crippen LogP contribution in [0.1, 0.15) is 34.7 Å². The Hall–Kier alpha value is -4.19. The zero-order chi connectivity index (χ0) is 25.4. The van der Waals surface area contributed by atoms with Gasteiger partial charge in [-0.1, -0.05) is 30.3 Å². The fourth-order valence-corrected chi connectivity index (χ4v) is 4.82. The Morgan fingerprint density at radius 3 is 2.44 bits per heavy atom. The minimum atomic E-state index is -0.755. The third-order valence-electron chi connectivity index (χ3n) is 6.82. The number of carboxylic acids is 1. The predicted molar refractivity (Wildman–Crippen MR) is 139 cm³/mol. The first-order valence-corrected chi connectivity index (χ1v) is 12.0. The fraction of sp³-hybridized carbons (Fsp3) is 0.233. The Morgan fingerprint density at radius 1 is 1.03 bits per heavy atom. The number of pyridine rings is 2. The van der Waals surface area contributed by atoms with Crippen LogP contribution in [0.25, 0.3) is 22.3 Å². The summed E-state index contributed by atoms with van der Waals surface area (Å²) >= 11 is 0. The molecular weight excluding hydrogens is 452 g/mol. The van der Waals surface area contributed by atoms with Crippen LogP contribution in [0.2, 0.25) is 0 Å². The molecule has 1 N–H and O–H groups in total. The molecule has 2 aromatic heterocycles. The van der Waals surface area contributed by atoms with Gasteiger partial charge >= 0.3 is 5.97 Å². The number of ether oxygens (including phenoxy) is 1. The molecule has 0 spiro atoms. The van der Waals surface area contributed by atoms with E-state index in [2.05, 4.69) is 43.1 Å². The van der Waals surface area contributed by atoms with Crippen molar-refractivity contribution in [1.29, 1.82) is 0 Å². The van der Waals surface area contributed by atoms with Crippen molar-refractivity contribution in [1.82, 2.24) is 9.55 Å². The van der Waals surface area contributed by atoms with Crippen molar-refractivity contribution in [2.24, 2.45) is 13.0 Å². The summed E-state index contributed by atoms with van der Waals surface area (Å²) in [7, 11) is 1.76. The summed E-state index contributed by atoms with van der Waals surface area (Å²) < 4.78 is 7.56. The molecule has 182 valence electrons. The first-order valence-electron chi connectivity index (χ1n) is 12.0. The van der Waals surface area contributed by atoms with E-state index >= 15 is 0 Å². The van der Waals surface area contributed by atoms with Gasteiger partial charge in [0.1, 0.15) is 12.4 Å². The number of carbonyl (C=O) groups is 1. The molecule has 5 rings (SSSR count). The van der Waals surface area contributed by atoms with Crippen molar-refractivity contribution in [3.63, 3.8) is 0 Å². The van der Waals surface area contributed by atoms with E-state index in [4.69, 9.17) is 9.84 Å². The number of hydrogen-bond donors (Lipinski definition) is 1. The Bertz CT molecular complexity index is 1480. The van der Waals surface area contributed by atoms with Gasteiger partial charge in [-0.3, -0.25) is 14.6 Å². The Balaban J connectivity index is 1.31. The van der Waals surface area contributed by atoms with Gasteiger partial charge < -0.3 is 14.4 Å². The highest BCUT2D eigenvalue weighted by atomic mass is 16.5. The van der Waals surface area contributed by atoms with Gasteiger partial charge in [0.15, 0.2) is 0 Å². The Kier molecular flexibility index (Phi) is 6.18. The standard InChI is InChI=1S/C30H28N2O4/c1-18-11-23(22-7-10-28(33)32(3)16-22)12-19(2)29(18)21-6-4-5-20(13-21)17-36-24-8-9-27(31-15-24)25-14-26(25)30(34)35/h4-13,15-16,25-26H,14,17H2,1-3H3,(H,34,35)/t25-,26-/m1/s1. The molecule has 0 amide bonds. The lowest BCUT2D eigenvalue weighted by atomic mass is 9.91. The maximum absolute atomic E-state index is 11.8. The summed E-state index contributed by atoms with van der Waals surface area (Å²) in [6.07, 6.45) is 4.19. The maximum Gasteiger partial charge on any atom is 0.307 e. The largest absolute Gasteiger partial charge is 0.487 e. The third-order valence-corrected chi connectivity index (χ3v) is 6.82. The number of rotatable bonds is 7. The quantitative estimate of drug-likeness (QED) is 0.378. The molecule has 2 aromatic carbocycles. The van der Waals surface area contributed by atoms with Crippen molar-refractivity contribution in [2.45, 2.75) is 32.8 Å². The lowest BCUT2D eigenvalue weighted by Crippen LogP contribution is -2.13. The molecular formula is C30H28N2O4. The molecule has 4 aromatic rings. The molecule has 36 heavy (non-hydrogen) atoms. The van der Waals surface area contributed by atoms with E-state index < -0.39 is 5.97 Å². The molecule has 6 nitrogen and oxygen atoms in total. The van der Waals surface area contributed by atoms with Gasteiger partial charge in [0.05, 0.1) is 12.1 Å².